The number of rotatable bonds is 5. The maximum Gasteiger partial charge on any atom is 0.306 e. The van der Waals surface area contributed by atoms with Gasteiger partial charge in [0, 0.05) is 11.3 Å². The number of amides is 1. The van der Waals surface area contributed by atoms with Gasteiger partial charge in [0.25, 0.3) is 0 Å². The molecule has 88 valence electrons. The summed E-state index contributed by atoms with van der Waals surface area (Å²) in [5.74, 6) is -1.80. The molecule has 5 heteroatoms. The number of carboxylic acids is 1. The van der Waals surface area contributed by atoms with Crippen LogP contribution in [0.25, 0.3) is 0 Å². The van der Waals surface area contributed by atoms with Crippen molar-refractivity contribution in [2.45, 2.75) is 26.8 Å². The van der Waals surface area contributed by atoms with Crippen molar-refractivity contribution in [1.29, 1.82) is 0 Å². The van der Waals surface area contributed by atoms with Gasteiger partial charge in [-0.3, -0.25) is 9.59 Å². The van der Waals surface area contributed by atoms with Crippen LogP contribution in [0.2, 0.25) is 0 Å². The summed E-state index contributed by atoms with van der Waals surface area (Å²) < 4.78 is 0. The van der Waals surface area contributed by atoms with Crippen LogP contribution < -0.4 is 5.32 Å². The molecule has 0 saturated carbocycles. The number of aliphatic carboxylic acids is 1. The second-order valence-corrected chi connectivity index (χ2v) is 4.75. The van der Waals surface area contributed by atoms with E-state index < -0.39 is 11.9 Å². The second-order valence-electron chi connectivity index (χ2n) is 3.75. The molecule has 0 saturated heterocycles. The SMILES string of the molecule is Cc1ccsc1CNC(=O)CC(C)C(=O)O. The van der Waals surface area contributed by atoms with Crippen LogP contribution in [-0.4, -0.2) is 17.0 Å². The molecule has 0 bridgehead atoms. The van der Waals surface area contributed by atoms with E-state index in [4.69, 9.17) is 5.11 Å². The van der Waals surface area contributed by atoms with Crippen LogP contribution in [0.1, 0.15) is 23.8 Å². The van der Waals surface area contributed by atoms with E-state index in [1.807, 2.05) is 18.4 Å². The van der Waals surface area contributed by atoms with E-state index in [0.717, 1.165) is 10.4 Å². The predicted octanol–water partition coefficient (Wildman–Crippen LogP) is 1.78. The Morgan fingerprint density at radius 1 is 1.56 bits per heavy atom. The van der Waals surface area contributed by atoms with Gasteiger partial charge in [-0.25, -0.2) is 0 Å². The lowest BCUT2D eigenvalue weighted by molar-refractivity contribution is -0.143. The summed E-state index contributed by atoms with van der Waals surface area (Å²) >= 11 is 1.59. The van der Waals surface area contributed by atoms with Gasteiger partial charge in [-0.15, -0.1) is 11.3 Å². The molecule has 1 heterocycles. The molecule has 1 aromatic heterocycles. The zero-order chi connectivity index (χ0) is 12.1. The molecular formula is C11H15NO3S. The number of aryl methyl sites for hydroxylation is 1. The fraction of sp³-hybridized carbons (Fsp3) is 0.455. The molecular weight excluding hydrogens is 226 g/mol. The average molecular weight is 241 g/mol. The summed E-state index contributed by atoms with van der Waals surface area (Å²) in [6.07, 6.45) is 0.0275. The van der Waals surface area contributed by atoms with Crippen LogP contribution in [-0.2, 0) is 16.1 Å². The normalized spacial score (nSPS) is 12.1. The first kappa shape index (κ1) is 12.7. The molecule has 1 amide bonds. The molecule has 1 aromatic rings. The molecule has 1 atom stereocenters. The highest BCUT2D eigenvalue weighted by Gasteiger charge is 2.15. The fourth-order valence-corrected chi connectivity index (χ4v) is 2.05. The quantitative estimate of drug-likeness (QED) is 0.825. The number of hydrogen-bond donors (Lipinski definition) is 2. The van der Waals surface area contributed by atoms with Crippen LogP contribution in [0.5, 0.6) is 0 Å². The van der Waals surface area contributed by atoms with E-state index in [-0.39, 0.29) is 12.3 Å². The molecule has 16 heavy (non-hydrogen) atoms. The topological polar surface area (TPSA) is 66.4 Å². The first-order valence-electron chi connectivity index (χ1n) is 5.03. The third-order valence-electron chi connectivity index (χ3n) is 2.33. The molecule has 0 radical (unpaired) electrons. The molecule has 0 fully saturated rings. The van der Waals surface area contributed by atoms with Crippen LogP contribution in [0, 0.1) is 12.8 Å². The van der Waals surface area contributed by atoms with E-state index in [2.05, 4.69) is 5.32 Å². The van der Waals surface area contributed by atoms with Crippen LogP contribution in [0.4, 0.5) is 0 Å². The van der Waals surface area contributed by atoms with Gasteiger partial charge in [0.2, 0.25) is 5.91 Å². The van der Waals surface area contributed by atoms with E-state index in [1.165, 1.54) is 6.92 Å². The minimum atomic E-state index is -0.942. The average Bonchev–Trinajstić information content (AvgIpc) is 2.61. The summed E-state index contributed by atoms with van der Waals surface area (Å²) in [6.45, 7) is 3.99. The van der Waals surface area contributed by atoms with Crippen LogP contribution in [0.15, 0.2) is 11.4 Å². The number of carbonyl (C=O) groups excluding carboxylic acids is 1. The van der Waals surface area contributed by atoms with E-state index in [1.54, 1.807) is 11.3 Å². The van der Waals surface area contributed by atoms with Crippen molar-refractivity contribution in [1.82, 2.24) is 5.32 Å². The van der Waals surface area contributed by atoms with E-state index in [0.29, 0.717) is 6.54 Å². The lowest BCUT2D eigenvalue weighted by atomic mass is 10.1. The van der Waals surface area contributed by atoms with Gasteiger partial charge in [-0.1, -0.05) is 6.92 Å². The van der Waals surface area contributed by atoms with Crippen molar-refractivity contribution in [3.8, 4) is 0 Å². The predicted molar refractivity (Wildman–Crippen MR) is 62.3 cm³/mol. The highest BCUT2D eigenvalue weighted by molar-refractivity contribution is 7.10. The minimum absolute atomic E-state index is 0.0275. The van der Waals surface area contributed by atoms with Gasteiger partial charge in [0.15, 0.2) is 0 Å². The third-order valence-corrected chi connectivity index (χ3v) is 3.35. The lowest BCUT2D eigenvalue weighted by Gasteiger charge is -2.07. The monoisotopic (exact) mass is 241 g/mol. The maximum absolute atomic E-state index is 11.4. The van der Waals surface area contributed by atoms with Crippen LogP contribution >= 0.6 is 11.3 Å². The highest BCUT2D eigenvalue weighted by atomic mass is 32.1. The van der Waals surface area contributed by atoms with Gasteiger partial charge < -0.3 is 10.4 Å². The second kappa shape index (κ2) is 5.65. The molecule has 0 aliphatic rings. The Kier molecular flexibility index (Phi) is 4.49. The molecule has 0 spiro atoms. The number of carbonyl (C=O) groups is 2. The molecule has 2 N–H and O–H groups in total. The third kappa shape index (κ3) is 3.66. The zero-order valence-electron chi connectivity index (χ0n) is 9.32. The minimum Gasteiger partial charge on any atom is -0.481 e. The van der Waals surface area contributed by atoms with Gasteiger partial charge in [0.05, 0.1) is 12.5 Å². The molecule has 4 nitrogen and oxygen atoms in total. The van der Waals surface area contributed by atoms with Crippen molar-refractivity contribution < 1.29 is 14.7 Å². The zero-order valence-corrected chi connectivity index (χ0v) is 10.1. The Hall–Kier alpha value is -1.36. The van der Waals surface area contributed by atoms with Crippen molar-refractivity contribution in [3.63, 3.8) is 0 Å². The van der Waals surface area contributed by atoms with Gasteiger partial charge >= 0.3 is 5.97 Å². The summed E-state index contributed by atoms with van der Waals surface area (Å²) in [5, 5.41) is 13.3. The van der Waals surface area contributed by atoms with Crippen molar-refractivity contribution in [2.24, 2.45) is 5.92 Å². The van der Waals surface area contributed by atoms with Gasteiger partial charge in [-0.2, -0.15) is 0 Å². The Morgan fingerprint density at radius 3 is 2.75 bits per heavy atom. The number of carboxylic acid groups (broad SMARTS) is 1. The van der Waals surface area contributed by atoms with Gasteiger partial charge in [-0.05, 0) is 23.9 Å². The Bertz CT molecular complexity index is 386. The largest absolute Gasteiger partial charge is 0.481 e. The number of nitrogens with one attached hydrogen (secondary N) is 1. The molecule has 0 aromatic carbocycles. The molecule has 1 unspecified atom stereocenters. The fourth-order valence-electron chi connectivity index (χ4n) is 1.20. The van der Waals surface area contributed by atoms with E-state index in [9.17, 15) is 9.59 Å². The first-order valence-corrected chi connectivity index (χ1v) is 5.91. The van der Waals surface area contributed by atoms with Crippen LogP contribution in [0.3, 0.4) is 0 Å². The number of hydrogen-bond acceptors (Lipinski definition) is 3. The van der Waals surface area contributed by atoms with Crippen molar-refractivity contribution >= 4 is 23.2 Å². The lowest BCUT2D eigenvalue weighted by Crippen LogP contribution is -2.26. The van der Waals surface area contributed by atoms with E-state index >= 15 is 0 Å². The molecule has 0 aliphatic carbocycles. The highest BCUT2D eigenvalue weighted by Crippen LogP contribution is 2.15. The molecule has 1 rings (SSSR count). The van der Waals surface area contributed by atoms with Gasteiger partial charge in [0.1, 0.15) is 0 Å². The maximum atomic E-state index is 11.4. The summed E-state index contributed by atoms with van der Waals surface area (Å²) in [5.41, 5.74) is 1.15. The summed E-state index contributed by atoms with van der Waals surface area (Å²) in [4.78, 5) is 23.0. The smallest absolute Gasteiger partial charge is 0.306 e. The first-order chi connectivity index (χ1) is 7.50. The Morgan fingerprint density at radius 2 is 2.25 bits per heavy atom. The van der Waals surface area contributed by atoms with Crippen molar-refractivity contribution in [3.05, 3.63) is 21.9 Å². The standard InChI is InChI=1S/C11H15NO3S/c1-7-3-4-16-9(7)6-12-10(13)5-8(2)11(14)15/h3-4,8H,5-6H2,1-2H3,(H,12,13)(H,14,15). The number of thiophene rings is 1. The summed E-state index contributed by atoms with van der Waals surface area (Å²) in [7, 11) is 0. The Labute approximate surface area is 98.3 Å². The molecule has 0 aliphatic heterocycles. The van der Waals surface area contributed by atoms with Crippen molar-refractivity contribution in [2.75, 3.05) is 0 Å². The summed E-state index contributed by atoms with van der Waals surface area (Å²) in [6, 6.07) is 1.99. The Balaban J connectivity index is 2.36.